The van der Waals surface area contributed by atoms with E-state index in [1.54, 1.807) is 0 Å². The Hall–Kier alpha value is -9.18. The highest BCUT2D eigenvalue weighted by Gasteiger charge is 2.19. The van der Waals surface area contributed by atoms with E-state index in [-0.39, 0.29) is 29.7 Å². The highest BCUT2D eigenvalue weighted by molar-refractivity contribution is 6.16. The first-order chi connectivity index (χ1) is 36.3. The molecule has 0 fully saturated rings. The molecule has 3 nitrogen and oxygen atoms in total. The molecule has 0 N–H and O–H groups in total. The monoisotopic (exact) mass is 885 g/mol. The highest BCUT2D eigenvalue weighted by Crippen LogP contribution is 2.43. The lowest BCUT2D eigenvalue weighted by atomic mass is 9.91. The smallest absolute Gasteiger partial charge is 0.135 e. The molecular formula is C66H44N2O. The first kappa shape index (κ1) is 35.1. The molecule has 0 atom stereocenters. The van der Waals surface area contributed by atoms with E-state index < -0.39 is 6.04 Å². The molecule has 0 unspecified atom stereocenters. The Morgan fingerprint density at radius 3 is 1.65 bits per heavy atom. The van der Waals surface area contributed by atoms with Gasteiger partial charge in [-0.1, -0.05) is 170 Å². The number of nitrogens with zero attached hydrogens (tertiary/aromatic N) is 2. The summed E-state index contributed by atoms with van der Waals surface area (Å²) < 4.78 is 52.4. The van der Waals surface area contributed by atoms with Crippen molar-refractivity contribution in [1.29, 1.82) is 0 Å². The van der Waals surface area contributed by atoms with E-state index in [9.17, 15) is 0 Å². The van der Waals surface area contributed by atoms with Gasteiger partial charge in [0.1, 0.15) is 11.2 Å². The van der Waals surface area contributed by atoms with Gasteiger partial charge in [0.15, 0.2) is 0 Å². The number of rotatable bonds is 9. The topological polar surface area (TPSA) is 21.3 Å². The molecule has 2 aromatic heterocycles. The fourth-order valence-corrected chi connectivity index (χ4v) is 10.0. The van der Waals surface area contributed by atoms with Crippen LogP contribution in [0.15, 0.2) is 271 Å². The zero-order valence-electron chi connectivity index (χ0n) is 42.3. The SMILES string of the molecule is [2H]c1c([2H])c([2H])c(-c2cc(-c3ccc(N(c4ccc(-c5ccccc5)cc4)c4cccc(-c5ccc6oc7ccccc7c6c5)c4)cc3)cc(-c3cccc4c3c3ccccc3n4-c3ccccc3)c2)c([2H])c1[2H]. The lowest BCUT2D eigenvalue weighted by Crippen LogP contribution is -2.10. The number of aromatic nitrogens is 1. The molecule has 0 bridgehead atoms. The van der Waals surface area contributed by atoms with E-state index in [0.29, 0.717) is 5.56 Å². The van der Waals surface area contributed by atoms with Crippen molar-refractivity contribution < 1.29 is 11.3 Å². The number of fused-ring (bicyclic) bond motifs is 6. The maximum absolute atomic E-state index is 9.11. The largest absolute Gasteiger partial charge is 0.456 e. The molecular weight excluding hydrogens is 837 g/mol. The predicted molar refractivity (Wildman–Crippen MR) is 290 cm³/mol. The quantitative estimate of drug-likeness (QED) is 0.144. The zero-order valence-corrected chi connectivity index (χ0v) is 37.3. The van der Waals surface area contributed by atoms with Crippen LogP contribution in [0.5, 0.6) is 0 Å². The predicted octanol–water partition coefficient (Wildman–Crippen LogP) is 18.5. The first-order valence-electron chi connectivity index (χ1n) is 25.7. The number of hydrogen-bond donors (Lipinski definition) is 0. The molecule has 0 radical (unpaired) electrons. The minimum atomic E-state index is -0.424. The molecule has 13 aromatic rings. The van der Waals surface area contributed by atoms with Crippen molar-refractivity contribution in [2.75, 3.05) is 4.90 Å². The van der Waals surface area contributed by atoms with Gasteiger partial charge in [-0.05, 0) is 153 Å². The van der Waals surface area contributed by atoms with Gasteiger partial charge in [-0.15, -0.1) is 0 Å². The maximum Gasteiger partial charge on any atom is 0.135 e. The van der Waals surface area contributed by atoms with Crippen molar-refractivity contribution in [3.8, 4) is 61.3 Å². The maximum atomic E-state index is 9.11. The van der Waals surface area contributed by atoms with Crippen LogP contribution >= 0.6 is 0 Å². The molecule has 2 heterocycles. The van der Waals surface area contributed by atoms with Gasteiger partial charge in [0, 0.05) is 44.3 Å². The molecule has 0 saturated heterocycles. The summed E-state index contributed by atoms with van der Waals surface area (Å²) in [7, 11) is 0. The summed E-state index contributed by atoms with van der Waals surface area (Å²) in [5.74, 6) is 0. The fraction of sp³-hybridized carbons (Fsp3) is 0. The van der Waals surface area contributed by atoms with Crippen LogP contribution in [0.25, 0.3) is 105 Å². The van der Waals surface area contributed by atoms with Gasteiger partial charge in [-0.3, -0.25) is 0 Å². The highest BCUT2D eigenvalue weighted by atomic mass is 16.3. The Bertz CT molecular complexity index is 4270. The third-order valence-electron chi connectivity index (χ3n) is 13.3. The average molecular weight is 886 g/mol. The molecule has 0 saturated carbocycles. The van der Waals surface area contributed by atoms with Crippen molar-refractivity contribution in [1.82, 2.24) is 4.57 Å². The standard InChI is InChI=1S/C66H44N2O/c1-4-16-45(17-5-1)47-30-35-55(36-31-47)67(57-23-14-20-49(43-57)50-34-39-65-61(44-50)59-24-11-13-29-64(59)69-65)56-37-32-48(33-38-56)52-40-51(46-18-6-2-7-19-46)41-53(42-52)58-26-15-28-63-66(58)60-25-10-12-27-62(60)68(63)54-21-8-3-9-22-54/h1-44H/i2D,6D,7D,18D,19D. The van der Waals surface area contributed by atoms with E-state index in [1.807, 2.05) is 54.6 Å². The number of hydrogen-bond acceptors (Lipinski definition) is 2. The first-order valence-corrected chi connectivity index (χ1v) is 23.2. The Morgan fingerprint density at radius 2 is 0.884 bits per heavy atom. The molecule has 3 heteroatoms. The summed E-state index contributed by atoms with van der Waals surface area (Å²) in [4.78, 5) is 2.27. The number of benzene rings is 11. The molecule has 69 heavy (non-hydrogen) atoms. The second kappa shape index (κ2) is 16.9. The van der Waals surface area contributed by atoms with E-state index >= 15 is 0 Å². The van der Waals surface area contributed by atoms with Gasteiger partial charge in [0.05, 0.1) is 17.9 Å². The molecule has 324 valence electrons. The summed E-state index contributed by atoms with van der Waals surface area (Å²) in [6.45, 7) is 0. The van der Waals surface area contributed by atoms with Crippen LogP contribution in [0, 0.1) is 0 Å². The van der Waals surface area contributed by atoms with Crippen molar-refractivity contribution in [3.05, 3.63) is 267 Å². The summed E-state index contributed by atoms with van der Waals surface area (Å²) >= 11 is 0. The zero-order chi connectivity index (χ0) is 50.0. The third-order valence-corrected chi connectivity index (χ3v) is 13.3. The van der Waals surface area contributed by atoms with Crippen LogP contribution in [0.1, 0.15) is 6.85 Å². The summed E-state index contributed by atoms with van der Waals surface area (Å²) in [6, 6.07) is 80.1. The van der Waals surface area contributed by atoms with E-state index in [0.717, 1.165) is 111 Å². The van der Waals surface area contributed by atoms with Crippen molar-refractivity contribution >= 4 is 60.8 Å². The Labute approximate surface area is 408 Å². The molecule has 0 spiro atoms. The second-order valence-electron chi connectivity index (χ2n) is 17.3. The average Bonchev–Trinajstić information content (AvgIpc) is 4.01. The van der Waals surface area contributed by atoms with Gasteiger partial charge in [0.2, 0.25) is 0 Å². The molecule has 11 aromatic carbocycles. The Kier molecular flexibility index (Phi) is 8.60. The number of furan rings is 1. The van der Waals surface area contributed by atoms with Crippen LogP contribution < -0.4 is 4.90 Å². The van der Waals surface area contributed by atoms with Gasteiger partial charge < -0.3 is 13.9 Å². The van der Waals surface area contributed by atoms with Crippen LogP contribution in [0.3, 0.4) is 0 Å². The van der Waals surface area contributed by atoms with E-state index in [4.69, 9.17) is 11.3 Å². The van der Waals surface area contributed by atoms with Gasteiger partial charge >= 0.3 is 0 Å². The van der Waals surface area contributed by atoms with Crippen molar-refractivity contribution in [3.63, 3.8) is 0 Å². The molecule has 13 rings (SSSR count). The van der Waals surface area contributed by atoms with E-state index in [2.05, 4.69) is 191 Å². The Morgan fingerprint density at radius 1 is 0.333 bits per heavy atom. The fourth-order valence-electron chi connectivity index (χ4n) is 10.0. The Balaban J connectivity index is 0.966. The summed E-state index contributed by atoms with van der Waals surface area (Å²) in [5, 5.41) is 4.29. The lowest BCUT2D eigenvalue weighted by Gasteiger charge is -2.26. The van der Waals surface area contributed by atoms with Gasteiger partial charge in [-0.25, -0.2) is 0 Å². The van der Waals surface area contributed by atoms with Crippen LogP contribution in [0.2, 0.25) is 0 Å². The summed E-state index contributed by atoms with van der Waals surface area (Å²) in [6.07, 6.45) is 0. The lowest BCUT2D eigenvalue weighted by molar-refractivity contribution is 0.669. The van der Waals surface area contributed by atoms with E-state index in [1.165, 1.54) is 0 Å². The van der Waals surface area contributed by atoms with Crippen LogP contribution in [-0.2, 0) is 0 Å². The summed E-state index contributed by atoms with van der Waals surface area (Å²) in [5.41, 5.74) is 16.4. The third kappa shape index (κ3) is 7.25. The molecule has 0 aliphatic rings. The van der Waals surface area contributed by atoms with Crippen LogP contribution in [0.4, 0.5) is 17.1 Å². The van der Waals surface area contributed by atoms with Crippen molar-refractivity contribution in [2.45, 2.75) is 0 Å². The van der Waals surface area contributed by atoms with Crippen molar-refractivity contribution in [2.24, 2.45) is 0 Å². The van der Waals surface area contributed by atoms with Crippen LogP contribution in [-0.4, -0.2) is 4.57 Å². The normalized spacial score (nSPS) is 12.5. The molecule has 0 aliphatic carbocycles. The number of para-hydroxylation sites is 3. The molecule has 0 aliphatic heterocycles. The minimum Gasteiger partial charge on any atom is -0.456 e. The minimum absolute atomic E-state index is 0.153. The van der Waals surface area contributed by atoms with Gasteiger partial charge in [-0.2, -0.15) is 0 Å². The molecule has 0 amide bonds. The van der Waals surface area contributed by atoms with Gasteiger partial charge in [0.25, 0.3) is 0 Å². The second-order valence-corrected chi connectivity index (χ2v) is 17.3. The number of anilines is 3.